The van der Waals surface area contributed by atoms with Crippen LogP contribution in [0, 0.1) is 0 Å². The quantitative estimate of drug-likeness (QED) is 0.710. The summed E-state index contributed by atoms with van der Waals surface area (Å²) in [6, 6.07) is 15.6. The van der Waals surface area contributed by atoms with E-state index in [2.05, 4.69) is 27.0 Å². The molecule has 142 valence electrons. The van der Waals surface area contributed by atoms with Crippen molar-refractivity contribution in [2.24, 2.45) is 0 Å². The van der Waals surface area contributed by atoms with E-state index in [9.17, 15) is 9.90 Å². The Balaban J connectivity index is 1.54. The fourth-order valence-corrected chi connectivity index (χ4v) is 3.94. The zero-order valence-corrected chi connectivity index (χ0v) is 15.7. The van der Waals surface area contributed by atoms with Gasteiger partial charge >= 0.3 is 5.97 Å². The highest BCUT2D eigenvalue weighted by atomic mass is 16.4. The van der Waals surface area contributed by atoms with E-state index in [1.54, 1.807) is 24.5 Å². The molecule has 0 radical (unpaired) electrons. The Hall–Kier alpha value is -3.05. The lowest BCUT2D eigenvalue weighted by Gasteiger charge is -2.35. The highest BCUT2D eigenvalue weighted by Crippen LogP contribution is 2.31. The molecule has 0 unspecified atom stereocenters. The summed E-state index contributed by atoms with van der Waals surface area (Å²) in [4.78, 5) is 22.7. The third kappa shape index (κ3) is 3.94. The second-order valence-corrected chi connectivity index (χ2v) is 7.16. The SMILES string of the molecule is O=C(O)c1ccccc1-c1ccc(CN2CCCC[C@H]2c2cnccn2)cc1. The predicted octanol–water partition coefficient (Wildman–Crippen LogP) is 4.57. The third-order valence-electron chi connectivity index (χ3n) is 5.35. The molecule has 5 nitrogen and oxygen atoms in total. The van der Waals surface area contributed by atoms with Gasteiger partial charge in [0, 0.05) is 25.1 Å². The summed E-state index contributed by atoms with van der Waals surface area (Å²) < 4.78 is 0. The summed E-state index contributed by atoms with van der Waals surface area (Å²) in [7, 11) is 0. The molecule has 28 heavy (non-hydrogen) atoms. The number of hydrogen-bond donors (Lipinski definition) is 1. The van der Waals surface area contributed by atoms with Crippen molar-refractivity contribution in [3.8, 4) is 11.1 Å². The van der Waals surface area contributed by atoms with Crippen LogP contribution in [0.15, 0.2) is 67.1 Å². The predicted molar refractivity (Wildman–Crippen MR) is 108 cm³/mol. The third-order valence-corrected chi connectivity index (χ3v) is 5.35. The minimum atomic E-state index is -0.903. The number of piperidine rings is 1. The van der Waals surface area contributed by atoms with Gasteiger partial charge in [0.15, 0.2) is 0 Å². The van der Waals surface area contributed by atoms with Crippen molar-refractivity contribution in [1.29, 1.82) is 0 Å². The number of nitrogens with zero attached hydrogens (tertiary/aromatic N) is 3. The normalized spacial score (nSPS) is 17.4. The summed E-state index contributed by atoms with van der Waals surface area (Å²) in [5.41, 5.74) is 4.25. The zero-order chi connectivity index (χ0) is 19.3. The number of hydrogen-bond acceptors (Lipinski definition) is 4. The van der Waals surface area contributed by atoms with Gasteiger partial charge in [0.25, 0.3) is 0 Å². The van der Waals surface area contributed by atoms with Gasteiger partial charge in [-0.05, 0) is 42.1 Å². The molecule has 1 N–H and O–H groups in total. The standard InChI is InChI=1S/C23H23N3O2/c27-23(28)20-6-2-1-5-19(20)18-10-8-17(9-11-18)16-26-14-4-3-7-22(26)21-15-24-12-13-25-21/h1-2,5-6,8-13,15,22H,3-4,7,14,16H2,(H,27,28)/t22-/m0/s1. The number of likely N-dealkylation sites (tertiary alicyclic amines) is 1. The lowest BCUT2D eigenvalue weighted by atomic mass is 9.97. The first kappa shape index (κ1) is 18.3. The monoisotopic (exact) mass is 373 g/mol. The van der Waals surface area contributed by atoms with E-state index in [1.807, 2.05) is 30.5 Å². The summed E-state index contributed by atoms with van der Waals surface area (Å²) in [6.45, 7) is 1.90. The maximum Gasteiger partial charge on any atom is 0.336 e. The van der Waals surface area contributed by atoms with E-state index in [4.69, 9.17) is 0 Å². The number of carbonyl (C=O) groups is 1. The van der Waals surface area contributed by atoms with Crippen molar-refractivity contribution in [2.75, 3.05) is 6.54 Å². The fourth-order valence-electron chi connectivity index (χ4n) is 3.94. The Bertz CT molecular complexity index is 942. The minimum Gasteiger partial charge on any atom is -0.478 e. The molecule has 1 atom stereocenters. The second-order valence-electron chi connectivity index (χ2n) is 7.16. The largest absolute Gasteiger partial charge is 0.478 e. The Morgan fingerprint density at radius 3 is 2.64 bits per heavy atom. The van der Waals surface area contributed by atoms with Crippen LogP contribution >= 0.6 is 0 Å². The highest BCUT2D eigenvalue weighted by Gasteiger charge is 2.25. The summed E-state index contributed by atoms with van der Waals surface area (Å²) in [6.07, 6.45) is 8.85. The average Bonchev–Trinajstić information content (AvgIpc) is 2.75. The van der Waals surface area contributed by atoms with Crippen LogP contribution < -0.4 is 0 Å². The topological polar surface area (TPSA) is 66.3 Å². The van der Waals surface area contributed by atoms with Crippen LogP contribution in [-0.2, 0) is 6.54 Å². The average molecular weight is 373 g/mol. The number of aromatic carboxylic acids is 1. The molecular weight excluding hydrogens is 350 g/mol. The summed E-state index contributed by atoms with van der Waals surface area (Å²) >= 11 is 0. The second kappa shape index (κ2) is 8.31. The van der Waals surface area contributed by atoms with Gasteiger partial charge < -0.3 is 5.11 Å². The molecule has 1 aromatic heterocycles. The molecular formula is C23H23N3O2. The van der Waals surface area contributed by atoms with E-state index >= 15 is 0 Å². The molecule has 1 aliphatic rings. The molecule has 0 amide bonds. The van der Waals surface area contributed by atoms with E-state index in [0.717, 1.165) is 36.3 Å². The lowest BCUT2D eigenvalue weighted by Crippen LogP contribution is -2.33. The van der Waals surface area contributed by atoms with E-state index in [-0.39, 0.29) is 0 Å². The molecule has 3 aromatic rings. The highest BCUT2D eigenvalue weighted by molar-refractivity contribution is 5.95. The molecule has 0 aliphatic carbocycles. The lowest BCUT2D eigenvalue weighted by molar-refractivity contribution is 0.0697. The fraction of sp³-hybridized carbons (Fsp3) is 0.261. The van der Waals surface area contributed by atoms with Gasteiger partial charge in [-0.2, -0.15) is 0 Å². The minimum absolute atomic E-state index is 0.301. The number of carboxylic acids is 1. The van der Waals surface area contributed by atoms with Crippen LogP contribution in [0.1, 0.15) is 46.9 Å². The van der Waals surface area contributed by atoms with E-state index in [1.165, 1.54) is 18.4 Å². The van der Waals surface area contributed by atoms with Crippen LogP contribution in [0.2, 0.25) is 0 Å². The Morgan fingerprint density at radius 1 is 1.07 bits per heavy atom. The van der Waals surface area contributed by atoms with Crippen molar-refractivity contribution in [3.05, 3.63) is 83.9 Å². The number of benzene rings is 2. The Labute approximate surface area is 164 Å². The first-order valence-electron chi connectivity index (χ1n) is 9.64. The van der Waals surface area contributed by atoms with Crippen LogP contribution in [0.3, 0.4) is 0 Å². The molecule has 5 heteroatoms. The van der Waals surface area contributed by atoms with E-state index < -0.39 is 5.97 Å². The number of rotatable bonds is 5. The molecule has 0 saturated carbocycles. The van der Waals surface area contributed by atoms with Crippen LogP contribution in [0.4, 0.5) is 0 Å². The maximum absolute atomic E-state index is 11.5. The first-order valence-corrected chi connectivity index (χ1v) is 9.64. The summed E-state index contributed by atoms with van der Waals surface area (Å²) in [5, 5.41) is 9.42. The molecule has 2 heterocycles. The van der Waals surface area contributed by atoms with Gasteiger partial charge in [-0.25, -0.2) is 4.79 Å². The van der Waals surface area contributed by atoms with Gasteiger partial charge in [0.1, 0.15) is 0 Å². The van der Waals surface area contributed by atoms with E-state index in [0.29, 0.717) is 11.6 Å². The van der Waals surface area contributed by atoms with Crippen molar-refractivity contribution >= 4 is 5.97 Å². The molecule has 1 aliphatic heterocycles. The van der Waals surface area contributed by atoms with Crippen LogP contribution in [0.5, 0.6) is 0 Å². The van der Waals surface area contributed by atoms with Crippen LogP contribution in [0.25, 0.3) is 11.1 Å². The van der Waals surface area contributed by atoms with Gasteiger partial charge in [-0.1, -0.05) is 48.9 Å². The maximum atomic E-state index is 11.5. The number of aromatic nitrogens is 2. The summed E-state index contributed by atoms with van der Waals surface area (Å²) in [5.74, 6) is -0.903. The molecule has 1 fully saturated rings. The van der Waals surface area contributed by atoms with Crippen LogP contribution in [-0.4, -0.2) is 32.5 Å². The van der Waals surface area contributed by atoms with Gasteiger partial charge in [-0.15, -0.1) is 0 Å². The molecule has 0 bridgehead atoms. The van der Waals surface area contributed by atoms with Gasteiger partial charge in [0.05, 0.1) is 17.3 Å². The molecule has 4 rings (SSSR count). The number of carboxylic acid groups (broad SMARTS) is 1. The molecule has 1 saturated heterocycles. The Kier molecular flexibility index (Phi) is 5.44. The molecule has 0 spiro atoms. The smallest absolute Gasteiger partial charge is 0.336 e. The van der Waals surface area contributed by atoms with Crippen molar-refractivity contribution in [1.82, 2.24) is 14.9 Å². The van der Waals surface area contributed by atoms with Crippen molar-refractivity contribution < 1.29 is 9.90 Å². The Morgan fingerprint density at radius 2 is 1.89 bits per heavy atom. The van der Waals surface area contributed by atoms with Crippen molar-refractivity contribution in [2.45, 2.75) is 31.8 Å². The first-order chi connectivity index (χ1) is 13.7. The molecule has 2 aromatic carbocycles. The van der Waals surface area contributed by atoms with Crippen molar-refractivity contribution in [3.63, 3.8) is 0 Å². The zero-order valence-electron chi connectivity index (χ0n) is 15.7. The van der Waals surface area contributed by atoms with Gasteiger partial charge in [-0.3, -0.25) is 14.9 Å². The van der Waals surface area contributed by atoms with Gasteiger partial charge in [0.2, 0.25) is 0 Å².